The number of carbonyl (C=O) groups excluding carboxylic acids is 1. The van der Waals surface area contributed by atoms with Crippen LogP contribution in [-0.4, -0.2) is 53.8 Å². The van der Waals surface area contributed by atoms with Crippen LogP contribution in [0.1, 0.15) is 21.7 Å². The molecule has 6 heteroatoms. The minimum Gasteiger partial charge on any atom is -0.376 e. The number of para-hydroxylation sites is 1. The van der Waals surface area contributed by atoms with E-state index in [1.54, 1.807) is 0 Å². The first-order chi connectivity index (χ1) is 11.3. The van der Waals surface area contributed by atoms with Gasteiger partial charge in [0.05, 0.1) is 13.2 Å². The van der Waals surface area contributed by atoms with Crippen molar-refractivity contribution in [2.75, 3.05) is 37.7 Å². The van der Waals surface area contributed by atoms with Gasteiger partial charge in [0.1, 0.15) is 0 Å². The van der Waals surface area contributed by atoms with Crippen LogP contribution in [0.2, 0.25) is 0 Å². The lowest BCUT2D eigenvalue weighted by Crippen LogP contribution is -2.49. The second-order valence-corrected chi connectivity index (χ2v) is 5.95. The SMILES string of the molecule is O=C(c1n[nH]c2c1COCC2)N1CCN(c2ccccc2)CC1. The quantitative estimate of drug-likeness (QED) is 0.911. The number of amides is 1. The summed E-state index contributed by atoms with van der Waals surface area (Å²) in [5.74, 6) is 0.0145. The van der Waals surface area contributed by atoms with Crippen molar-refractivity contribution in [3.05, 3.63) is 47.3 Å². The number of nitrogens with zero attached hydrogens (tertiary/aromatic N) is 3. The molecule has 0 aliphatic carbocycles. The highest BCUT2D eigenvalue weighted by atomic mass is 16.5. The lowest BCUT2D eigenvalue weighted by Gasteiger charge is -2.36. The highest BCUT2D eigenvalue weighted by Gasteiger charge is 2.28. The molecule has 23 heavy (non-hydrogen) atoms. The molecule has 0 bridgehead atoms. The Labute approximate surface area is 135 Å². The van der Waals surface area contributed by atoms with E-state index < -0.39 is 0 Å². The number of nitrogens with one attached hydrogen (secondary N) is 1. The number of ether oxygens (including phenoxy) is 1. The fourth-order valence-electron chi connectivity index (χ4n) is 3.25. The third kappa shape index (κ3) is 2.70. The molecule has 2 aliphatic rings. The molecule has 120 valence electrons. The van der Waals surface area contributed by atoms with Gasteiger partial charge in [-0.15, -0.1) is 0 Å². The zero-order valence-electron chi connectivity index (χ0n) is 13.0. The van der Waals surface area contributed by atoms with Crippen LogP contribution < -0.4 is 4.90 Å². The van der Waals surface area contributed by atoms with Gasteiger partial charge in [-0.25, -0.2) is 0 Å². The maximum Gasteiger partial charge on any atom is 0.274 e. The lowest BCUT2D eigenvalue weighted by molar-refractivity contribution is 0.0727. The van der Waals surface area contributed by atoms with Crippen molar-refractivity contribution in [3.8, 4) is 0 Å². The molecule has 3 heterocycles. The van der Waals surface area contributed by atoms with Crippen molar-refractivity contribution in [3.63, 3.8) is 0 Å². The van der Waals surface area contributed by atoms with Gasteiger partial charge < -0.3 is 14.5 Å². The van der Waals surface area contributed by atoms with E-state index in [9.17, 15) is 4.79 Å². The van der Waals surface area contributed by atoms with Crippen LogP contribution in [0.5, 0.6) is 0 Å². The molecule has 0 spiro atoms. The Kier molecular flexibility index (Phi) is 3.75. The van der Waals surface area contributed by atoms with E-state index in [4.69, 9.17) is 4.74 Å². The van der Waals surface area contributed by atoms with Gasteiger partial charge in [-0.2, -0.15) is 5.10 Å². The number of fused-ring (bicyclic) bond motifs is 1. The summed E-state index contributed by atoms with van der Waals surface area (Å²) in [5.41, 5.74) is 3.73. The summed E-state index contributed by atoms with van der Waals surface area (Å²) in [6, 6.07) is 10.3. The Morgan fingerprint density at radius 2 is 1.91 bits per heavy atom. The van der Waals surface area contributed by atoms with Crippen molar-refractivity contribution < 1.29 is 9.53 Å². The standard InChI is InChI=1S/C17H20N4O2/c22-17(16-14-12-23-11-6-15(14)18-19-16)21-9-7-20(8-10-21)13-4-2-1-3-5-13/h1-5H,6-12H2,(H,18,19). The summed E-state index contributed by atoms with van der Waals surface area (Å²) in [5, 5.41) is 7.23. The van der Waals surface area contributed by atoms with E-state index in [2.05, 4.69) is 27.2 Å². The van der Waals surface area contributed by atoms with E-state index in [1.807, 2.05) is 23.1 Å². The van der Waals surface area contributed by atoms with Crippen LogP contribution in [0.3, 0.4) is 0 Å². The topological polar surface area (TPSA) is 61.5 Å². The van der Waals surface area contributed by atoms with E-state index in [1.165, 1.54) is 5.69 Å². The molecule has 1 saturated heterocycles. The monoisotopic (exact) mass is 312 g/mol. The van der Waals surface area contributed by atoms with Gasteiger partial charge in [-0.3, -0.25) is 9.89 Å². The third-order valence-corrected chi connectivity index (χ3v) is 4.59. The molecule has 0 saturated carbocycles. The van der Waals surface area contributed by atoms with Crippen molar-refractivity contribution in [2.24, 2.45) is 0 Å². The van der Waals surface area contributed by atoms with Crippen LogP contribution in [0.15, 0.2) is 30.3 Å². The molecule has 2 aromatic rings. The number of rotatable bonds is 2. The Balaban J connectivity index is 1.44. The first-order valence-electron chi connectivity index (χ1n) is 8.06. The highest BCUT2D eigenvalue weighted by Crippen LogP contribution is 2.21. The maximum atomic E-state index is 12.7. The molecule has 1 aromatic heterocycles. The molecule has 0 unspecified atom stereocenters. The minimum absolute atomic E-state index is 0.0145. The van der Waals surface area contributed by atoms with Gasteiger partial charge in [-0.05, 0) is 12.1 Å². The fraction of sp³-hybridized carbons (Fsp3) is 0.412. The summed E-state index contributed by atoms with van der Waals surface area (Å²) in [6.07, 6.45) is 0.803. The van der Waals surface area contributed by atoms with Gasteiger partial charge in [0, 0.05) is 49.5 Å². The van der Waals surface area contributed by atoms with Gasteiger partial charge >= 0.3 is 0 Å². The molecular weight excluding hydrogens is 292 g/mol. The summed E-state index contributed by atoms with van der Waals surface area (Å²) in [6.45, 7) is 4.31. The molecular formula is C17H20N4O2. The van der Waals surface area contributed by atoms with Gasteiger partial charge in [-0.1, -0.05) is 18.2 Å². The van der Waals surface area contributed by atoms with Crippen molar-refractivity contribution in [1.29, 1.82) is 0 Å². The molecule has 6 nitrogen and oxygen atoms in total. The summed E-state index contributed by atoms with van der Waals surface area (Å²) < 4.78 is 5.47. The number of aromatic amines is 1. The average molecular weight is 312 g/mol. The van der Waals surface area contributed by atoms with Crippen molar-refractivity contribution in [2.45, 2.75) is 13.0 Å². The minimum atomic E-state index is 0.0145. The van der Waals surface area contributed by atoms with Gasteiger partial charge in [0.2, 0.25) is 0 Å². The largest absolute Gasteiger partial charge is 0.376 e. The lowest BCUT2D eigenvalue weighted by atomic mass is 10.1. The predicted octanol–water partition coefficient (Wildman–Crippen LogP) is 1.44. The number of hydrogen-bond acceptors (Lipinski definition) is 4. The van der Waals surface area contributed by atoms with Crippen molar-refractivity contribution >= 4 is 11.6 Å². The van der Waals surface area contributed by atoms with E-state index in [0.717, 1.165) is 43.9 Å². The number of carbonyl (C=O) groups is 1. The van der Waals surface area contributed by atoms with Crippen molar-refractivity contribution in [1.82, 2.24) is 15.1 Å². The molecule has 1 aromatic carbocycles. The van der Waals surface area contributed by atoms with E-state index in [-0.39, 0.29) is 5.91 Å². The Bertz CT molecular complexity index is 690. The smallest absolute Gasteiger partial charge is 0.274 e. The molecule has 0 radical (unpaired) electrons. The molecule has 0 atom stereocenters. The average Bonchev–Trinajstić information content (AvgIpc) is 3.06. The zero-order chi connectivity index (χ0) is 15.6. The fourth-order valence-corrected chi connectivity index (χ4v) is 3.25. The Morgan fingerprint density at radius 1 is 1.13 bits per heavy atom. The molecule has 1 amide bonds. The van der Waals surface area contributed by atoms with Crippen LogP contribution in [-0.2, 0) is 17.8 Å². The van der Waals surface area contributed by atoms with Crippen LogP contribution in [0.4, 0.5) is 5.69 Å². The molecule has 1 N–H and O–H groups in total. The molecule has 1 fully saturated rings. The van der Waals surface area contributed by atoms with Gasteiger partial charge in [0.25, 0.3) is 5.91 Å². The molecule has 2 aliphatic heterocycles. The summed E-state index contributed by atoms with van der Waals surface area (Å²) in [4.78, 5) is 17.0. The molecule has 4 rings (SSSR count). The third-order valence-electron chi connectivity index (χ3n) is 4.59. The van der Waals surface area contributed by atoms with E-state index in [0.29, 0.717) is 18.9 Å². The highest BCUT2D eigenvalue weighted by molar-refractivity contribution is 5.94. The summed E-state index contributed by atoms with van der Waals surface area (Å²) >= 11 is 0. The number of hydrogen-bond donors (Lipinski definition) is 1. The Morgan fingerprint density at radius 3 is 2.70 bits per heavy atom. The van der Waals surface area contributed by atoms with Gasteiger partial charge in [0.15, 0.2) is 5.69 Å². The van der Waals surface area contributed by atoms with Crippen LogP contribution in [0.25, 0.3) is 0 Å². The summed E-state index contributed by atoms with van der Waals surface area (Å²) in [7, 11) is 0. The number of anilines is 1. The Hall–Kier alpha value is -2.34. The first kappa shape index (κ1) is 14.3. The number of H-pyrrole nitrogens is 1. The number of aromatic nitrogens is 2. The number of piperazine rings is 1. The predicted molar refractivity (Wildman–Crippen MR) is 86.5 cm³/mol. The normalized spacial score (nSPS) is 17.9. The zero-order valence-corrected chi connectivity index (χ0v) is 13.0. The second kappa shape index (κ2) is 6.04. The number of benzene rings is 1. The van der Waals surface area contributed by atoms with Crippen LogP contribution in [0, 0.1) is 0 Å². The second-order valence-electron chi connectivity index (χ2n) is 5.95. The van der Waals surface area contributed by atoms with Crippen LogP contribution >= 0.6 is 0 Å². The first-order valence-corrected chi connectivity index (χ1v) is 8.06. The maximum absolute atomic E-state index is 12.7. The van der Waals surface area contributed by atoms with E-state index >= 15 is 0 Å².